The molecule has 0 amide bonds. The van der Waals surface area contributed by atoms with Crippen LogP contribution in [0.3, 0.4) is 0 Å². The molecule has 3 rings (SSSR count). The third-order valence-corrected chi connectivity index (χ3v) is 7.07. The topological polar surface area (TPSA) is 66.8 Å². The van der Waals surface area contributed by atoms with E-state index in [2.05, 4.69) is 0 Å². The van der Waals surface area contributed by atoms with Crippen LogP contribution in [0.2, 0.25) is 0 Å². The van der Waals surface area contributed by atoms with Crippen molar-refractivity contribution >= 4 is 10.0 Å². The SMILES string of the molecule is CCc1ccccc1S(=O)(=O)N1CCC[C@@H]1[C@@H]1COCC[C@@H]1O. The summed E-state index contributed by atoms with van der Waals surface area (Å²) in [5, 5.41) is 10.3. The van der Waals surface area contributed by atoms with Crippen molar-refractivity contribution in [2.24, 2.45) is 5.92 Å². The molecule has 0 aliphatic carbocycles. The van der Waals surface area contributed by atoms with E-state index in [1.807, 2.05) is 19.1 Å². The van der Waals surface area contributed by atoms with Crippen LogP contribution >= 0.6 is 0 Å². The summed E-state index contributed by atoms with van der Waals surface area (Å²) in [4.78, 5) is 0.403. The van der Waals surface area contributed by atoms with Gasteiger partial charge in [-0.25, -0.2) is 8.42 Å². The number of aliphatic hydroxyl groups excluding tert-OH is 1. The Morgan fingerprint density at radius 1 is 1.30 bits per heavy atom. The molecule has 2 fully saturated rings. The van der Waals surface area contributed by atoms with Gasteiger partial charge in [0.05, 0.1) is 17.6 Å². The number of hydrogen-bond acceptors (Lipinski definition) is 4. The fourth-order valence-electron chi connectivity index (χ4n) is 3.78. The van der Waals surface area contributed by atoms with Crippen molar-refractivity contribution in [3.05, 3.63) is 29.8 Å². The zero-order valence-corrected chi connectivity index (χ0v) is 14.3. The average Bonchev–Trinajstić information content (AvgIpc) is 3.05. The smallest absolute Gasteiger partial charge is 0.243 e. The van der Waals surface area contributed by atoms with Crippen molar-refractivity contribution in [3.63, 3.8) is 0 Å². The molecule has 1 aromatic rings. The van der Waals surface area contributed by atoms with E-state index >= 15 is 0 Å². The molecule has 0 saturated carbocycles. The highest BCUT2D eigenvalue weighted by Crippen LogP contribution is 2.34. The average molecular weight is 339 g/mol. The minimum atomic E-state index is -3.54. The fraction of sp³-hybridized carbons (Fsp3) is 0.647. The van der Waals surface area contributed by atoms with Gasteiger partial charge in [-0.3, -0.25) is 0 Å². The Labute approximate surface area is 138 Å². The van der Waals surface area contributed by atoms with Crippen molar-refractivity contribution < 1.29 is 18.3 Å². The lowest BCUT2D eigenvalue weighted by Gasteiger charge is -2.36. The zero-order valence-electron chi connectivity index (χ0n) is 13.5. The third kappa shape index (κ3) is 3.18. The van der Waals surface area contributed by atoms with Gasteiger partial charge in [0, 0.05) is 25.1 Å². The summed E-state index contributed by atoms with van der Waals surface area (Å²) in [5.41, 5.74) is 0.846. The molecule has 0 spiro atoms. The van der Waals surface area contributed by atoms with Gasteiger partial charge >= 0.3 is 0 Å². The molecule has 0 radical (unpaired) electrons. The van der Waals surface area contributed by atoms with E-state index in [0.717, 1.165) is 18.4 Å². The van der Waals surface area contributed by atoms with Gasteiger partial charge < -0.3 is 9.84 Å². The van der Waals surface area contributed by atoms with Crippen LogP contribution in [-0.2, 0) is 21.2 Å². The van der Waals surface area contributed by atoms with Crippen molar-refractivity contribution in [1.82, 2.24) is 4.31 Å². The number of hydrogen-bond donors (Lipinski definition) is 1. The van der Waals surface area contributed by atoms with Crippen molar-refractivity contribution in [2.75, 3.05) is 19.8 Å². The van der Waals surface area contributed by atoms with Gasteiger partial charge in [-0.15, -0.1) is 0 Å². The predicted molar refractivity (Wildman–Crippen MR) is 87.7 cm³/mol. The van der Waals surface area contributed by atoms with E-state index in [1.54, 1.807) is 16.4 Å². The number of aryl methyl sites for hydroxylation is 1. The number of sulfonamides is 1. The van der Waals surface area contributed by atoms with Gasteiger partial charge in [-0.05, 0) is 37.3 Å². The maximum atomic E-state index is 13.2. The normalized spacial score (nSPS) is 29.7. The Kier molecular flexibility index (Phi) is 5.06. The largest absolute Gasteiger partial charge is 0.393 e. The first-order chi connectivity index (χ1) is 11.1. The van der Waals surface area contributed by atoms with Gasteiger partial charge in [0.1, 0.15) is 0 Å². The summed E-state index contributed by atoms with van der Waals surface area (Å²) in [5.74, 6) is -0.130. The number of ether oxygens (including phenoxy) is 1. The first-order valence-corrected chi connectivity index (χ1v) is 9.85. The van der Waals surface area contributed by atoms with E-state index in [9.17, 15) is 13.5 Å². The highest BCUT2D eigenvalue weighted by Gasteiger charge is 2.43. The monoisotopic (exact) mass is 339 g/mol. The molecule has 23 heavy (non-hydrogen) atoms. The predicted octanol–water partition coefficient (Wildman–Crippen LogP) is 1.80. The van der Waals surface area contributed by atoms with E-state index in [1.165, 1.54) is 0 Å². The van der Waals surface area contributed by atoms with E-state index in [4.69, 9.17) is 4.74 Å². The fourth-order valence-corrected chi connectivity index (χ4v) is 5.82. The number of aliphatic hydroxyl groups is 1. The lowest BCUT2D eigenvalue weighted by molar-refractivity contribution is -0.0543. The Morgan fingerprint density at radius 3 is 2.83 bits per heavy atom. The van der Waals surface area contributed by atoms with Crippen LogP contribution in [-0.4, -0.2) is 49.7 Å². The minimum Gasteiger partial charge on any atom is -0.393 e. The van der Waals surface area contributed by atoms with Crippen LogP contribution in [0.15, 0.2) is 29.2 Å². The molecule has 6 heteroatoms. The molecule has 128 valence electrons. The summed E-state index contributed by atoms with van der Waals surface area (Å²) in [6.45, 7) is 3.48. The minimum absolute atomic E-state index is 0.130. The molecule has 1 aromatic carbocycles. The second kappa shape index (κ2) is 6.89. The van der Waals surface area contributed by atoms with Crippen LogP contribution in [0.25, 0.3) is 0 Å². The number of nitrogens with zero attached hydrogens (tertiary/aromatic N) is 1. The van der Waals surface area contributed by atoms with Gasteiger partial charge in [-0.2, -0.15) is 4.31 Å². The Morgan fingerprint density at radius 2 is 2.09 bits per heavy atom. The second-order valence-corrected chi connectivity index (χ2v) is 8.24. The maximum absolute atomic E-state index is 13.2. The highest BCUT2D eigenvalue weighted by atomic mass is 32.2. The molecular weight excluding hydrogens is 314 g/mol. The first-order valence-electron chi connectivity index (χ1n) is 8.41. The standard InChI is InChI=1S/C17H25NO4S/c1-2-13-6-3-4-8-17(13)23(20,21)18-10-5-7-15(18)14-12-22-11-9-16(14)19/h3-4,6,8,14-16,19H,2,5,7,9-12H2,1H3/t14-,15+,16-/m0/s1. The first kappa shape index (κ1) is 16.9. The molecule has 0 unspecified atom stereocenters. The lowest BCUT2D eigenvalue weighted by Crippen LogP contribution is -2.48. The maximum Gasteiger partial charge on any atom is 0.243 e. The molecule has 3 atom stereocenters. The molecule has 2 aliphatic heterocycles. The van der Waals surface area contributed by atoms with E-state index < -0.39 is 16.1 Å². The molecular formula is C17H25NO4S. The molecule has 2 aliphatic rings. The van der Waals surface area contributed by atoms with Crippen molar-refractivity contribution in [2.45, 2.75) is 49.6 Å². The van der Waals surface area contributed by atoms with Gasteiger partial charge in [-0.1, -0.05) is 25.1 Å². The Hall–Kier alpha value is -0.950. The van der Waals surface area contributed by atoms with Crippen molar-refractivity contribution in [1.29, 1.82) is 0 Å². The number of rotatable bonds is 4. The molecule has 5 nitrogen and oxygen atoms in total. The molecule has 0 aromatic heterocycles. The Bertz CT molecular complexity index is 646. The highest BCUT2D eigenvalue weighted by molar-refractivity contribution is 7.89. The quantitative estimate of drug-likeness (QED) is 0.908. The van der Waals surface area contributed by atoms with Crippen LogP contribution in [0.5, 0.6) is 0 Å². The summed E-state index contributed by atoms with van der Waals surface area (Å²) in [7, 11) is -3.54. The van der Waals surface area contributed by atoms with Gasteiger partial charge in [0.15, 0.2) is 0 Å². The molecule has 1 N–H and O–H groups in total. The number of benzene rings is 1. The van der Waals surface area contributed by atoms with E-state index in [-0.39, 0.29) is 12.0 Å². The molecule has 0 bridgehead atoms. The zero-order chi connectivity index (χ0) is 16.4. The van der Waals surface area contributed by atoms with Crippen LogP contribution in [0, 0.1) is 5.92 Å². The van der Waals surface area contributed by atoms with Crippen molar-refractivity contribution in [3.8, 4) is 0 Å². The Balaban J connectivity index is 1.92. The molecule has 2 saturated heterocycles. The van der Waals surface area contributed by atoms with Gasteiger partial charge in [0.25, 0.3) is 0 Å². The second-order valence-electron chi connectivity index (χ2n) is 6.38. The summed E-state index contributed by atoms with van der Waals surface area (Å²) < 4.78 is 33.5. The third-order valence-electron chi connectivity index (χ3n) is 5.05. The van der Waals surface area contributed by atoms with Crippen LogP contribution in [0.4, 0.5) is 0 Å². The lowest BCUT2D eigenvalue weighted by atomic mass is 9.90. The summed E-state index contributed by atoms with van der Waals surface area (Å²) in [6, 6.07) is 7.04. The summed E-state index contributed by atoms with van der Waals surface area (Å²) >= 11 is 0. The van der Waals surface area contributed by atoms with E-state index in [0.29, 0.717) is 37.5 Å². The molecule has 2 heterocycles. The van der Waals surface area contributed by atoms with Crippen LogP contribution in [0.1, 0.15) is 31.7 Å². The van der Waals surface area contributed by atoms with Crippen LogP contribution < -0.4 is 0 Å². The van der Waals surface area contributed by atoms with Gasteiger partial charge in [0.2, 0.25) is 10.0 Å². The summed E-state index contributed by atoms with van der Waals surface area (Å²) in [6.07, 6.45) is 2.41.